The van der Waals surface area contributed by atoms with Crippen LogP contribution in [0.15, 0.2) is 15.2 Å². The zero-order chi connectivity index (χ0) is 15.3. The molecule has 1 rings (SSSR count). The molecule has 20 heavy (non-hydrogen) atoms. The Labute approximate surface area is 131 Å². The Kier molecular flexibility index (Phi) is 6.48. The van der Waals surface area contributed by atoms with E-state index in [2.05, 4.69) is 21.2 Å². The SMILES string of the molecule is CC(C)C(CC(=O)O)NC(=O)N(C)Cc1csc(Br)c1. The number of aliphatic carboxylic acids is 1. The second-order valence-corrected chi connectivity index (χ2v) is 7.30. The number of carbonyl (C=O) groups excluding carboxylic acids is 1. The van der Waals surface area contributed by atoms with Crippen LogP contribution in [0.4, 0.5) is 4.79 Å². The molecule has 0 aliphatic heterocycles. The van der Waals surface area contributed by atoms with Crippen LogP contribution in [-0.4, -0.2) is 35.1 Å². The minimum absolute atomic E-state index is 0.0682. The van der Waals surface area contributed by atoms with Gasteiger partial charge in [0.2, 0.25) is 0 Å². The summed E-state index contributed by atoms with van der Waals surface area (Å²) in [7, 11) is 1.69. The predicted octanol–water partition coefficient (Wildman–Crippen LogP) is 3.15. The van der Waals surface area contributed by atoms with Gasteiger partial charge in [-0.3, -0.25) is 4.79 Å². The van der Waals surface area contributed by atoms with Gasteiger partial charge in [0.1, 0.15) is 0 Å². The zero-order valence-corrected chi connectivity index (χ0v) is 14.1. The first-order valence-corrected chi connectivity index (χ1v) is 7.93. The number of rotatable bonds is 6. The van der Waals surface area contributed by atoms with Gasteiger partial charge in [-0.25, -0.2) is 4.79 Å². The molecule has 0 aliphatic carbocycles. The van der Waals surface area contributed by atoms with Crippen molar-refractivity contribution >= 4 is 39.3 Å². The fraction of sp³-hybridized carbons (Fsp3) is 0.538. The van der Waals surface area contributed by atoms with E-state index in [0.29, 0.717) is 6.54 Å². The summed E-state index contributed by atoms with van der Waals surface area (Å²) in [6.07, 6.45) is -0.0682. The highest BCUT2D eigenvalue weighted by atomic mass is 79.9. The van der Waals surface area contributed by atoms with Gasteiger partial charge >= 0.3 is 12.0 Å². The lowest BCUT2D eigenvalue weighted by Crippen LogP contribution is -2.45. The smallest absolute Gasteiger partial charge is 0.317 e. The molecule has 0 bridgehead atoms. The molecule has 0 aliphatic rings. The summed E-state index contributed by atoms with van der Waals surface area (Å²) >= 11 is 4.95. The van der Waals surface area contributed by atoms with E-state index in [9.17, 15) is 9.59 Å². The molecule has 0 spiro atoms. The molecule has 1 aromatic rings. The molecule has 7 heteroatoms. The molecule has 0 radical (unpaired) electrons. The second kappa shape index (κ2) is 7.64. The van der Waals surface area contributed by atoms with E-state index in [1.54, 1.807) is 23.3 Å². The van der Waals surface area contributed by atoms with Crippen molar-refractivity contribution in [3.63, 3.8) is 0 Å². The van der Waals surface area contributed by atoms with Gasteiger partial charge in [0.15, 0.2) is 0 Å². The van der Waals surface area contributed by atoms with Crippen molar-refractivity contribution in [2.75, 3.05) is 7.05 Å². The van der Waals surface area contributed by atoms with Crippen LogP contribution in [0.2, 0.25) is 0 Å². The Morgan fingerprint density at radius 2 is 2.15 bits per heavy atom. The zero-order valence-electron chi connectivity index (χ0n) is 11.7. The van der Waals surface area contributed by atoms with Crippen molar-refractivity contribution in [1.82, 2.24) is 10.2 Å². The average molecular weight is 363 g/mol. The summed E-state index contributed by atoms with van der Waals surface area (Å²) in [5.41, 5.74) is 1.04. The molecule has 1 unspecified atom stereocenters. The monoisotopic (exact) mass is 362 g/mol. The maximum absolute atomic E-state index is 12.1. The van der Waals surface area contributed by atoms with Crippen LogP contribution in [0.5, 0.6) is 0 Å². The van der Waals surface area contributed by atoms with E-state index in [4.69, 9.17) is 5.11 Å². The molecule has 0 saturated carbocycles. The van der Waals surface area contributed by atoms with Gasteiger partial charge in [-0.2, -0.15) is 0 Å². The van der Waals surface area contributed by atoms with Gasteiger partial charge in [0.25, 0.3) is 0 Å². The van der Waals surface area contributed by atoms with Crippen LogP contribution >= 0.6 is 27.3 Å². The van der Waals surface area contributed by atoms with Crippen LogP contribution in [-0.2, 0) is 11.3 Å². The summed E-state index contributed by atoms with van der Waals surface area (Å²) < 4.78 is 1.02. The van der Waals surface area contributed by atoms with E-state index in [1.165, 1.54) is 0 Å². The number of thiophene rings is 1. The van der Waals surface area contributed by atoms with Crippen LogP contribution in [0.1, 0.15) is 25.8 Å². The molecule has 1 aromatic heterocycles. The number of nitrogens with one attached hydrogen (secondary N) is 1. The van der Waals surface area contributed by atoms with E-state index in [0.717, 1.165) is 9.35 Å². The summed E-state index contributed by atoms with van der Waals surface area (Å²) in [6, 6.07) is 1.34. The van der Waals surface area contributed by atoms with Crippen molar-refractivity contribution in [2.24, 2.45) is 5.92 Å². The Morgan fingerprint density at radius 1 is 1.50 bits per heavy atom. The highest BCUT2D eigenvalue weighted by Crippen LogP contribution is 2.21. The van der Waals surface area contributed by atoms with Crippen molar-refractivity contribution in [3.05, 3.63) is 20.8 Å². The molecule has 2 amide bonds. The van der Waals surface area contributed by atoms with Crippen LogP contribution in [0, 0.1) is 5.92 Å². The maximum atomic E-state index is 12.1. The Hall–Kier alpha value is -1.08. The maximum Gasteiger partial charge on any atom is 0.317 e. The second-order valence-electron chi connectivity index (χ2n) is 5.01. The molecule has 0 saturated heterocycles. The molecular formula is C13H19BrN2O3S. The number of hydrogen-bond acceptors (Lipinski definition) is 3. The molecule has 112 valence electrons. The lowest BCUT2D eigenvalue weighted by Gasteiger charge is -2.24. The first-order valence-electron chi connectivity index (χ1n) is 6.26. The number of carbonyl (C=O) groups is 2. The highest BCUT2D eigenvalue weighted by Gasteiger charge is 2.21. The molecule has 1 atom stereocenters. The summed E-state index contributed by atoms with van der Waals surface area (Å²) in [5.74, 6) is -0.841. The summed E-state index contributed by atoms with van der Waals surface area (Å²) in [5, 5.41) is 13.6. The van der Waals surface area contributed by atoms with Gasteiger partial charge in [-0.05, 0) is 38.9 Å². The van der Waals surface area contributed by atoms with Crippen LogP contribution in [0.25, 0.3) is 0 Å². The molecule has 1 heterocycles. The third-order valence-electron chi connectivity index (χ3n) is 2.90. The van der Waals surface area contributed by atoms with Crippen LogP contribution < -0.4 is 5.32 Å². The lowest BCUT2D eigenvalue weighted by molar-refractivity contribution is -0.137. The number of hydrogen-bond donors (Lipinski definition) is 2. The van der Waals surface area contributed by atoms with Crippen LogP contribution in [0.3, 0.4) is 0 Å². The largest absolute Gasteiger partial charge is 0.481 e. The van der Waals surface area contributed by atoms with Gasteiger partial charge in [0.05, 0.1) is 10.2 Å². The normalized spacial score (nSPS) is 12.2. The van der Waals surface area contributed by atoms with E-state index in [1.807, 2.05) is 25.3 Å². The number of nitrogens with zero attached hydrogens (tertiary/aromatic N) is 1. The Balaban J connectivity index is 2.57. The molecule has 2 N–H and O–H groups in total. The number of carboxylic acids is 1. The third kappa shape index (κ3) is 5.50. The lowest BCUT2D eigenvalue weighted by atomic mass is 10.0. The van der Waals surface area contributed by atoms with E-state index >= 15 is 0 Å². The first-order chi connectivity index (χ1) is 9.29. The minimum atomic E-state index is -0.909. The Bertz CT molecular complexity index is 476. The summed E-state index contributed by atoms with van der Waals surface area (Å²) in [4.78, 5) is 24.4. The number of urea groups is 1. The van der Waals surface area contributed by atoms with E-state index < -0.39 is 5.97 Å². The fourth-order valence-corrected chi connectivity index (χ4v) is 2.89. The fourth-order valence-electron chi connectivity index (χ4n) is 1.68. The molecule has 5 nitrogen and oxygen atoms in total. The predicted molar refractivity (Wildman–Crippen MR) is 82.9 cm³/mol. The van der Waals surface area contributed by atoms with Gasteiger partial charge in [0, 0.05) is 19.6 Å². The van der Waals surface area contributed by atoms with E-state index in [-0.39, 0.29) is 24.4 Å². The summed E-state index contributed by atoms with van der Waals surface area (Å²) in [6.45, 7) is 4.28. The van der Waals surface area contributed by atoms with Gasteiger partial charge < -0.3 is 15.3 Å². The molecular weight excluding hydrogens is 344 g/mol. The number of halogens is 1. The Morgan fingerprint density at radius 3 is 2.60 bits per heavy atom. The topological polar surface area (TPSA) is 69.6 Å². The molecule has 0 aromatic carbocycles. The van der Waals surface area contributed by atoms with Gasteiger partial charge in [-0.1, -0.05) is 13.8 Å². The molecule has 0 fully saturated rings. The average Bonchev–Trinajstić information content (AvgIpc) is 2.72. The standard InChI is InChI=1S/C13H19BrN2O3S/c1-8(2)10(5-12(17)18)15-13(19)16(3)6-9-4-11(14)20-7-9/h4,7-8,10H,5-6H2,1-3H3,(H,15,19)(H,17,18). The van der Waals surface area contributed by atoms with Crippen molar-refractivity contribution < 1.29 is 14.7 Å². The third-order valence-corrected chi connectivity index (χ3v) is 4.45. The number of amides is 2. The van der Waals surface area contributed by atoms with Crippen molar-refractivity contribution in [2.45, 2.75) is 32.9 Å². The first kappa shape index (κ1) is 17.0. The highest BCUT2D eigenvalue weighted by molar-refractivity contribution is 9.11. The quantitative estimate of drug-likeness (QED) is 0.816. The van der Waals surface area contributed by atoms with Crippen molar-refractivity contribution in [1.29, 1.82) is 0 Å². The van der Waals surface area contributed by atoms with Gasteiger partial charge in [-0.15, -0.1) is 11.3 Å². The number of carboxylic acid groups (broad SMARTS) is 1. The minimum Gasteiger partial charge on any atom is -0.481 e. The van der Waals surface area contributed by atoms with Crippen molar-refractivity contribution in [3.8, 4) is 0 Å².